The van der Waals surface area contributed by atoms with Gasteiger partial charge in [-0.1, -0.05) is 23.8 Å². The number of ether oxygens (including phenoxy) is 1. The lowest BCUT2D eigenvalue weighted by Gasteiger charge is -2.08. The SMILES string of the molecule is Cc1ccc(OCC(=O)NCc2ccc(-n3ccnc3)nc2)cc1. The summed E-state index contributed by atoms with van der Waals surface area (Å²) >= 11 is 0. The molecule has 6 nitrogen and oxygen atoms in total. The van der Waals surface area contributed by atoms with E-state index in [1.807, 2.05) is 54.1 Å². The zero-order valence-corrected chi connectivity index (χ0v) is 13.3. The maximum atomic E-state index is 11.8. The second-order valence-corrected chi connectivity index (χ2v) is 5.37. The van der Waals surface area contributed by atoms with Crippen LogP contribution in [-0.4, -0.2) is 27.0 Å². The van der Waals surface area contributed by atoms with Gasteiger partial charge in [-0.2, -0.15) is 0 Å². The first-order chi connectivity index (χ1) is 11.7. The molecule has 24 heavy (non-hydrogen) atoms. The highest BCUT2D eigenvalue weighted by molar-refractivity contribution is 5.77. The van der Waals surface area contributed by atoms with Gasteiger partial charge in [-0.15, -0.1) is 0 Å². The molecule has 0 aliphatic carbocycles. The Morgan fingerprint density at radius 1 is 1.21 bits per heavy atom. The Labute approximate surface area is 140 Å². The van der Waals surface area contributed by atoms with Crippen LogP contribution in [0.5, 0.6) is 5.75 Å². The predicted octanol–water partition coefficient (Wildman–Crippen LogP) is 2.27. The van der Waals surface area contributed by atoms with Gasteiger partial charge < -0.3 is 10.1 Å². The van der Waals surface area contributed by atoms with Crippen LogP contribution in [0.15, 0.2) is 61.3 Å². The molecule has 3 rings (SSSR count). The number of nitrogens with zero attached hydrogens (tertiary/aromatic N) is 3. The van der Waals surface area contributed by atoms with Crippen molar-refractivity contribution in [3.8, 4) is 11.6 Å². The lowest BCUT2D eigenvalue weighted by molar-refractivity contribution is -0.123. The highest BCUT2D eigenvalue weighted by atomic mass is 16.5. The molecule has 0 saturated carbocycles. The second kappa shape index (κ2) is 7.41. The molecule has 2 heterocycles. The number of hydrogen-bond donors (Lipinski definition) is 1. The molecular formula is C18H18N4O2. The minimum atomic E-state index is -0.172. The van der Waals surface area contributed by atoms with Crippen molar-refractivity contribution in [2.24, 2.45) is 0 Å². The molecule has 0 unspecified atom stereocenters. The molecule has 122 valence electrons. The number of hydrogen-bond acceptors (Lipinski definition) is 4. The van der Waals surface area contributed by atoms with E-state index >= 15 is 0 Å². The van der Waals surface area contributed by atoms with Gasteiger partial charge in [-0.3, -0.25) is 9.36 Å². The van der Waals surface area contributed by atoms with Crippen LogP contribution in [0.2, 0.25) is 0 Å². The molecule has 1 amide bonds. The zero-order valence-electron chi connectivity index (χ0n) is 13.3. The quantitative estimate of drug-likeness (QED) is 0.756. The molecule has 0 bridgehead atoms. The van der Waals surface area contributed by atoms with Gasteiger partial charge in [0.15, 0.2) is 6.61 Å². The molecule has 0 saturated heterocycles. The van der Waals surface area contributed by atoms with Gasteiger partial charge in [0.2, 0.25) is 0 Å². The van der Waals surface area contributed by atoms with Crippen LogP contribution in [0, 0.1) is 6.92 Å². The van der Waals surface area contributed by atoms with Crippen molar-refractivity contribution < 1.29 is 9.53 Å². The monoisotopic (exact) mass is 322 g/mol. The fourth-order valence-corrected chi connectivity index (χ4v) is 2.10. The van der Waals surface area contributed by atoms with Crippen molar-refractivity contribution >= 4 is 5.91 Å². The number of amides is 1. The molecule has 0 aliphatic heterocycles. The van der Waals surface area contributed by atoms with Crippen molar-refractivity contribution in [1.29, 1.82) is 0 Å². The van der Waals surface area contributed by atoms with E-state index in [0.29, 0.717) is 12.3 Å². The van der Waals surface area contributed by atoms with Gasteiger partial charge in [0.1, 0.15) is 17.9 Å². The number of carbonyl (C=O) groups excluding carboxylic acids is 1. The molecular weight excluding hydrogens is 304 g/mol. The molecule has 0 aliphatic rings. The van der Waals surface area contributed by atoms with E-state index in [9.17, 15) is 4.79 Å². The smallest absolute Gasteiger partial charge is 0.258 e. The van der Waals surface area contributed by atoms with Crippen molar-refractivity contribution in [3.63, 3.8) is 0 Å². The first kappa shape index (κ1) is 15.7. The van der Waals surface area contributed by atoms with E-state index < -0.39 is 0 Å². The maximum absolute atomic E-state index is 11.8. The van der Waals surface area contributed by atoms with E-state index in [4.69, 9.17) is 4.74 Å². The van der Waals surface area contributed by atoms with Crippen molar-refractivity contribution in [1.82, 2.24) is 19.9 Å². The number of aromatic nitrogens is 3. The fourth-order valence-electron chi connectivity index (χ4n) is 2.10. The van der Waals surface area contributed by atoms with Gasteiger partial charge in [-0.05, 0) is 30.7 Å². The normalized spacial score (nSPS) is 10.4. The third-order valence-electron chi connectivity index (χ3n) is 3.46. The van der Waals surface area contributed by atoms with E-state index in [-0.39, 0.29) is 12.5 Å². The van der Waals surface area contributed by atoms with E-state index in [2.05, 4.69) is 15.3 Å². The number of carbonyl (C=O) groups is 1. The number of pyridine rings is 1. The standard InChI is InChI=1S/C18H18N4O2/c1-14-2-5-16(6-3-14)24-12-18(23)21-11-15-4-7-17(20-10-15)22-9-8-19-13-22/h2-10,13H,11-12H2,1H3,(H,21,23). The van der Waals surface area contributed by atoms with Crippen LogP contribution < -0.4 is 10.1 Å². The minimum Gasteiger partial charge on any atom is -0.484 e. The van der Waals surface area contributed by atoms with Crippen LogP contribution in [0.3, 0.4) is 0 Å². The minimum absolute atomic E-state index is 0.0103. The highest BCUT2D eigenvalue weighted by Gasteiger charge is 2.04. The summed E-state index contributed by atoms with van der Waals surface area (Å²) in [5, 5.41) is 2.81. The summed E-state index contributed by atoms with van der Waals surface area (Å²) in [5.41, 5.74) is 2.07. The Hall–Kier alpha value is -3.15. The van der Waals surface area contributed by atoms with E-state index in [1.54, 1.807) is 18.7 Å². The topological polar surface area (TPSA) is 69.0 Å². The van der Waals surface area contributed by atoms with Crippen LogP contribution in [0.4, 0.5) is 0 Å². The summed E-state index contributed by atoms with van der Waals surface area (Å²) < 4.78 is 7.26. The average Bonchev–Trinajstić information content (AvgIpc) is 3.14. The summed E-state index contributed by atoms with van der Waals surface area (Å²) in [4.78, 5) is 20.2. The first-order valence-corrected chi connectivity index (χ1v) is 7.60. The molecule has 0 atom stereocenters. The Morgan fingerprint density at radius 2 is 2.04 bits per heavy atom. The lowest BCUT2D eigenvalue weighted by Crippen LogP contribution is -2.28. The maximum Gasteiger partial charge on any atom is 0.258 e. The lowest BCUT2D eigenvalue weighted by atomic mass is 10.2. The van der Waals surface area contributed by atoms with Gasteiger partial charge in [0, 0.05) is 25.1 Å². The Balaban J connectivity index is 1.46. The summed E-state index contributed by atoms with van der Waals surface area (Å²) in [6.45, 7) is 2.40. The molecule has 1 N–H and O–H groups in total. The molecule has 3 aromatic rings. The predicted molar refractivity (Wildman–Crippen MR) is 89.9 cm³/mol. The van der Waals surface area contributed by atoms with Gasteiger partial charge in [-0.25, -0.2) is 9.97 Å². The van der Waals surface area contributed by atoms with Crippen LogP contribution >= 0.6 is 0 Å². The molecule has 0 fully saturated rings. The largest absolute Gasteiger partial charge is 0.484 e. The molecule has 6 heteroatoms. The van der Waals surface area contributed by atoms with Crippen molar-refractivity contribution in [2.75, 3.05) is 6.61 Å². The molecule has 2 aromatic heterocycles. The number of aryl methyl sites for hydroxylation is 1. The van der Waals surface area contributed by atoms with Crippen LogP contribution in [0.1, 0.15) is 11.1 Å². The summed E-state index contributed by atoms with van der Waals surface area (Å²) in [6, 6.07) is 11.4. The summed E-state index contributed by atoms with van der Waals surface area (Å²) in [6.07, 6.45) is 6.94. The Morgan fingerprint density at radius 3 is 2.71 bits per heavy atom. The van der Waals surface area contributed by atoms with Crippen molar-refractivity contribution in [2.45, 2.75) is 13.5 Å². The number of rotatable bonds is 6. The first-order valence-electron chi connectivity index (χ1n) is 7.60. The van der Waals surface area contributed by atoms with Gasteiger partial charge in [0.05, 0.1) is 0 Å². The van der Waals surface area contributed by atoms with Crippen molar-refractivity contribution in [3.05, 3.63) is 72.4 Å². The Kier molecular flexibility index (Phi) is 4.86. The molecule has 1 aromatic carbocycles. The Bertz CT molecular complexity index is 781. The fraction of sp³-hybridized carbons (Fsp3) is 0.167. The average molecular weight is 322 g/mol. The summed E-state index contributed by atoms with van der Waals surface area (Å²) in [5.74, 6) is 1.29. The van der Waals surface area contributed by atoms with E-state index in [1.165, 1.54) is 0 Å². The third kappa shape index (κ3) is 4.19. The van der Waals surface area contributed by atoms with E-state index in [0.717, 1.165) is 16.9 Å². The van der Waals surface area contributed by atoms with Gasteiger partial charge >= 0.3 is 0 Å². The highest BCUT2D eigenvalue weighted by Crippen LogP contribution is 2.11. The number of imidazole rings is 1. The summed E-state index contributed by atoms with van der Waals surface area (Å²) in [7, 11) is 0. The zero-order chi connectivity index (χ0) is 16.8. The molecule has 0 spiro atoms. The number of benzene rings is 1. The number of nitrogens with one attached hydrogen (secondary N) is 1. The third-order valence-corrected chi connectivity index (χ3v) is 3.46. The van der Waals surface area contributed by atoms with Gasteiger partial charge in [0.25, 0.3) is 5.91 Å². The molecule has 0 radical (unpaired) electrons. The van der Waals surface area contributed by atoms with Crippen LogP contribution in [0.25, 0.3) is 5.82 Å². The van der Waals surface area contributed by atoms with Crippen LogP contribution in [-0.2, 0) is 11.3 Å². The second-order valence-electron chi connectivity index (χ2n) is 5.37.